The summed E-state index contributed by atoms with van der Waals surface area (Å²) in [5.41, 5.74) is 2.32. The Hall–Kier alpha value is -1.24. The smallest absolute Gasteiger partial charge is 0.0446 e. The zero-order valence-corrected chi connectivity index (χ0v) is 6.17. The molecule has 0 bridgehead atoms. The molecule has 1 heterocycles. The molecule has 0 amide bonds. The number of aryl methyl sites for hydroxylation is 1. The van der Waals surface area contributed by atoms with Crippen molar-refractivity contribution in [2.24, 2.45) is 0 Å². The number of nitrogens with zero attached hydrogens (tertiary/aromatic N) is 1. The molecule has 0 fully saturated rings. The summed E-state index contributed by atoms with van der Waals surface area (Å²) in [5, 5.41) is 0. The molecule has 0 aromatic carbocycles. The Kier molecular flexibility index (Phi) is 1.76. The second-order valence-corrected chi connectivity index (χ2v) is 2.24. The van der Waals surface area contributed by atoms with Crippen LogP contribution >= 0.6 is 0 Å². The van der Waals surface area contributed by atoms with Crippen LogP contribution in [0, 0.1) is 6.92 Å². The van der Waals surface area contributed by atoms with Crippen LogP contribution in [0.2, 0.25) is 0 Å². The highest BCUT2D eigenvalue weighted by Gasteiger charge is 1.93. The van der Waals surface area contributed by atoms with Crippen molar-refractivity contribution in [3.63, 3.8) is 0 Å². The molecule has 52 valence electrons. The largest absolute Gasteiger partial charge is 0.324 e. The van der Waals surface area contributed by atoms with Crippen molar-refractivity contribution in [1.29, 1.82) is 0 Å². The molecule has 0 aliphatic heterocycles. The molecule has 0 saturated heterocycles. The van der Waals surface area contributed by atoms with Crippen LogP contribution in [0.3, 0.4) is 0 Å². The molecule has 0 N–H and O–H groups in total. The first-order chi connectivity index (χ1) is 4.77. The van der Waals surface area contributed by atoms with Crippen molar-refractivity contribution in [3.05, 3.63) is 36.7 Å². The van der Waals surface area contributed by atoms with Crippen LogP contribution < -0.4 is 0 Å². The Bertz CT molecular complexity index is 230. The molecule has 0 saturated carbocycles. The van der Waals surface area contributed by atoms with Crippen LogP contribution in [0.1, 0.15) is 11.3 Å². The van der Waals surface area contributed by atoms with Crippen LogP contribution in [0.15, 0.2) is 25.4 Å². The minimum atomic E-state index is 1.09. The lowest BCUT2D eigenvalue weighted by molar-refractivity contribution is 1.15. The summed E-state index contributed by atoms with van der Waals surface area (Å²) >= 11 is 0. The van der Waals surface area contributed by atoms with E-state index in [-0.39, 0.29) is 0 Å². The number of hydrogen-bond acceptors (Lipinski definition) is 0. The molecular formula is C9H11N. The molecule has 0 aliphatic rings. The quantitative estimate of drug-likeness (QED) is 0.584. The van der Waals surface area contributed by atoms with E-state index < -0.39 is 0 Å². The highest BCUT2D eigenvalue weighted by molar-refractivity contribution is 5.48. The predicted octanol–water partition coefficient (Wildman–Crippen LogP) is 2.54. The lowest BCUT2D eigenvalue weighted by atomic mass is 10.3. The van der Waals surface area contributed by atoms with Gasteiger partial charge in [-0.25, -0.2) is 0 Å². The van der Waals surface area contributed by atoms with E-state index in [1.54, 1.807) is 6.20 Å². The van der Waals surface area contributed by atoms with Gasteiger partial charge in [-0.2, -0.15) is 0 Å². The average molecular weight is 133 g/mol. The molecule has 1 nitrogen and oxygen atoms in total. The molecule has 10 heavy (non-hydrogen) atoms. The van der Waals surface area contributed by atoms with Gasteiger partial charge in [-0.3, -0.25) is 0 Å². The molecule has 1 aromatic heterocycles. The standard InChI is InChI=1S/C9H11N/c1-4-9-6-8(3)7-10(9)5-2/h4-7H,1-2H2,3H3. The minimum absolute atomic E-state index is 1.09. The molecule has 1 rings (SSSR count). The van der Waals surface area contributed by atoms with E-state index in [9.17, 15) is 0 Å². The van der Waals surface area contributed by atoms with Gasteiger partial charge in [0.05, 0.1) is 0 Å². The van der Waals surface area contributed by atoms with E-state index in [4.69, 9.17) is 0 Å². The summed E-state index contributed by atoms with van der Waals surface area (Å²) in [6.45, 7) is 9.40. The summed E-state index contributed by atoms with van der Waals surface area (Å²) in [7, 11) is 0. The maximum atomic E-state index is 3.68. The van der Waals surface area contributed by atoms with Gasteiger partial charge in [0.15, 0.2) is 0 Å². The first kappa shape index (κ1) is 6.87. The Morgan fingerprint density at radius 3 is 2.60 bits per heavy atom. The normalized spacial score (nSPS) is 9.30. The summed E-state index contributed by atoms with van der Waals surface area (Å²) in [4.78, 5) is 0. The maximum Gasteiger partial charge on any atom is 0.0446 e. The zero-order valence-electron chi connectivity index (χ0n) is 6.17. The number of hydrogen-bond donors (Lipinski definition) is 0. The lowest BCUT2D eigenvalue weighted by Crippen LogP contribution is -1.83. The average Bonchev–Trinajstić information content (AvgIpc) is 2.30. The fourth-order valence-electron chi connectivity index (χ4n) is 0.961. The van der Waals surface area contributed by atoms with Crippen molar-refractivity contribution in [2.75, 3.05) is 0 Å². The van der Waals surface area contributed by atoms with Gasteiger partial charge >= 0.3 is 0 Å². The maximum absolute atomic E-state index is 3.68. The monoisotopic (exact) mass is 133 g/mol. The van der Waals surface area contributed by atoms with Gasteiger partial charge < -0.3 is 4.57 Å². The summed E-state index contributed by atoms with van der Waals surface area (Å²) in [6, 6.07) is 2.06. The SMILES string of the molecule is C=Cc1cc(C)cn1C=C. The first-order valence-electron chi connectivity index (χ1n) is 3.21. The van der Waals surface area contributed by atoms with Gasteiger partial charge in [-0.1, -0.05) is 13.2 Å². The zero-order chi connectivity index (χ0) is 7.56. The Morgan fingerprint density at radius 2 is 2.20 bits per heavy atom. The van der Waals surface area contributed by atoms with Crippen LogP contribution in [0.25, 0.3) is 12.3 Å². The van der Waals surface area contributed by atoms with E-state index in [2.05, 4.69) is 19.2 Å². The summed E-state index contributed by atoms with van der Waals surface area (Å²) in [5.74, 6) is 0. The van der Waals surface area contributed by atoms with Crippen LogP contribution in [0.4, 0.5) is 0 Å². The first-order valence-corrected chi connectivity index (χ1v) is 3.21. The van der Waals surface area contributed by atoms with E-state index in [1.165, 1.54) is 5.56 Å². The predicted molar refractivity (Wildman–Crippen MR) is 45.6 cm³/mol. The Balaban J connectivity index is 3.20. The molecule has 0 spiro atoms. The highest BCUT2D eigenvalue weighted by Crippen LogP contribution is 2.08. The second-order valence-electron chi connectivity index (χ2n) is 2.24. The van der Waals surface area contributed by atoms with Crippen molar-refractivity contribution >= 4 is 12.3 Å². The Morgan fingerprint density at radius 1 is 1.50 bits per heavy atom. The van der Waals surface area contributed by atoms with Crippen molar-refractivity contribution < 1.29 is 0 Å². The highest BCUT2D eigenvalue weighted by atomic mass is 14.9. The van der Waals surface area contributed by atoms with Crippen LogP contribution in [-0.2, 0) is 0 Å². The van der Waals surface area contributed by atoms with E-state index in [0.717, 1.165) is 5.69 Å². The number of aromatic nitrogens is 1. The second kappa shape index (κ2) is 2.56. The van der Waals surface area contributed by atoms with Gasteiger partial charge in [-0.05, 0) is 24.6 Å². The van der Waals surface area contributed by atoms with Crippen LogP contribution in [-0.4, -0.2) is 4.57 Å². The van der Waals surface area contributed by atoms with Gasteiger partial charge in [0.25, 0.3) is 0 Å². The molecule has 0 radical (unpaired) electrons. The molecule has 0 atom stereocenters. The molecule has 0 aliphatic carbocycles. The fraction of sp³-hybridized carbons (Fsp3) is 0.111. The van der Waals surface area contributed by atoms with Crippen molar-refractivity contribution in [3.8, 4) is 0 Å². The summed E-state index contributed by atoms with van der Waals surface area (Å²) in [6.07, 6.45) is 5.60. The number of rotatable bonds is 2. The van der Waals surface area contributed by atoms with Crippen molar-refractivity contribution in [1.82, 2.24) is 4.57 Å². The van der Waals surface area contributed by atoms with Gasteiger partial charge in [0.2, 0.25) is 0 Å². The van der Waals surface area contributed by atoms with Gasteiger partial charge in [-0.15, -0.1) is 0 Å². The van der Waals surface area contributed by atoms with Crippen LogP contribution in [0.5, 0.6) is 0 Å². The topological polar surface area (TPSA) is 4.93 Å². The lowest BCUT2D eigenvalue weighted by Gasteiger charge is -1.93. The summed E-state index contributed by atoms with van der Waals surface area (Å²) < 4.78 is 1.95. The van der Waals surface area contributed by atoms with E-state index in [1.807, 2.05) is 23.8 Å². The fourth-order valence-corrected chi connectivity index (χ4v) is 0.961. The molecule has 1 heteroatoms. The third-order valence-corrected chi connectivity index (χ3v) is 1.42. The molecule has 0 unspecified atom stereocenters. The molecular weight excluding hydrogens is 122 g/mol. The van der Waals surface area contributed by atoms with Crippen molar-refractivity contribution in [2.45, 2.75) is 6.92 Å². The third kappa shape index (κ3) is 1.03. The third-order valence-electron chi connectivity index (χ3n) is 1.42. The molecule has 1 aromatic rings. The Labute approximate surface area is 61.3 Å². The van der Waals surface area contributed by atoms with Gasteiger partial charge in [0, 0.05) is 18.1 Å². The van der Waals surface area contributed by atoms with Gasteiger partial charge in [0.1, 0.15) is 0 Å². The van der Waals surface area contributed by atoms with E-state index in [0.29, 0.717) is 0 Å². The minimum Gasteiger partial charge on any atom is -0.324 e. The van der Waals surface area contributed by atoms with E-state index >= 15 is 0 Å².